The number of anilines is 1. The van der Waals surface area contributed by atoms with Gasteiger partial charge in [-0.15, -0.1) is 11.3 Å². The summed E-state index contributed by atoms with van der Waals surface area (Å²) in [5.41, 5.74) is 4.64. The highest BCUT2D eigenvalue weighted by Crippen LogP contribution is 2.30. The Morgan fingerprint density at radius 3 is 2.69 bits per heavy atom. The summed E-state index contributed by atoms with van der Waals surface area (Å²) in [4.78, 5) is 4.59. The van der Waals surface area contributed by atoms with Crippen molar-refractivity contribution in [2.24, 2.45) is 5.10 Å². The van der Waals surface area contributed by atoms with Gasteiger partial charge in [-0.1, -0.05) is 30.3 Å². The molecule has 0 aliphatic carbocycles. The Hall–Kier alpha value is -3.03. The quantitative estimate of drug-likeness (QED) is 0.301. The number of rotatable bonds is 4. The molecule has 0 aliphatic rings. The number of furan rings is 1. The van der Waals surface area contributed by atoms with Crippen molar-refractivity contribution in [1.29, 1.82) is 0 Å². The van der Waals surface area contributed by atoms with E-state index in [0.717, 1.165) is 26.7 Å². The molecule has 2 aromatic heterocycles. The zero-order chi connectivity index (χ0) is 17.8. The van der Waals surface area contributed by atoms with Gasteiger partial charge in [0.15, 0.2) is 15.9 Å². The average Bonchev–Trinajstić information content (AvgIpc) is 3.29. The minimum Gasteiger partial charge on any atom is -0.453 e. The van der Waals surface area contributed by atoms with E-state index in [1.807, 2.05) is 66.7 Å². The van der Waals surface area contributed by atoms with Gasteiger partial charge in [-0.2, -0.15) is 5.10 Å². The van der Waals surface area contributed by atoms with Crippen LogP contribution in [0.3, 0.4) is 0 Å². The molecule has 0 unspecified atom stereocenters. The van der Waals surface area contributed by atoms with E-state index in [1.165, 1.54) is 0 Å². The second kappa shape index (κ2) is 7.47. The standard InChI is InChI=1S/C19H14N4OS2/c25-19(21-13-6-2-1-3-7-13)23-20-12-14-10-11-16(24-14)18-22-15-8-4-5-9-17(15)26-18/h1-12H,(H2,21,23,25)/b20-12-. The number of thiazole rings is 1. The second-order valence-corrected chi connectivity index (χ2v) is 6.82. The summed E-state index contributed by atoms with van der Waals surface area (Å²) in [7, 11) is 0. The summed E-state index contributed by atoms with van der Waals surface area (Å²) in [5.74, 6) is 1.34. The lowest BCUT2D eigenvalue weighted by molar-refractivity contribution is 0.574. The SMILES string of the molecule is S=C(N/N=C\c1ccc(-c2nc3ccccc3s2)o1)Nc1ccccc1. The first-order chi connectivity index (χ1) is 12.8. The number of fused-ring (bicyclic) bond motifs is 1. The molecule has 2 aromatic carbocycles. The number of hydrazone groups is 1. The average molecular weight is 378 g/mol. The molecule has 26 heavy (non-hydrogen) atoms. The van der Waals surface area contributed by atoms with Gasteiger partial charge in [0.05, 0.1) is 16.4 Å². The Morgan fingerprint density at radius 1 is 1.04 bits per heavy atom. The van der Waals surface area contributed by atoms with Crippen LogP contribution in [0, 0.1) is 0 Å². The van der Waals surface area contributed by atoms with Gasteiger partial charge in [-0.05, 0) is 48.6 Å². The summed E-state index contributed by atoms with van der Waals surface area (Å²) < 4.78 is 6.93. The summed E-state index contributed by atoms with van der Waals surface area (Å²) >= 11 is 6.79. The molecule has 0 aliphatic heterocycles. The highest BCUT2D eigenvalue weighted by molar-refractivity contribution is 7.80. The van der Waals surface area contributed by atoms with Crippen molar-refractivity contribution >= 4 is 50.8 Å². The van der Waals surface area contributed by atoms with Crippen molar-refractivity contribution in [3.8, 4) is 10.8 Å². The largest absolute Gasteiger partial charge is 0.453 e. The number of para-hydroxylation sites is 2. The van der Waals surface area contributed by atoms with Crippen LogP contribution in [-0.4, -0.2) is 16.3 Å². The van der Waals surface area contributed by atoms with E-state index in [9.17, 15) is 0 Å². The summed E-state index contributed by atoms with van der Waals surface area (Å²) in [5, 5.41) is 8.39. The molecule has 0 bridgehead atoms. The third-order valence-corrected chi connectivity index (χ3v) is 4.77. The van der Waals surface area contributed by atoms with Crippen LogP contribution in [0.5, 0.6) is 0 Å². The Kier molecular flexibility index (Phi) is 4.72. The number of benzene rings is 2. The second-order valence-electron chi connectivity index (χ2n) is 5.38. The zero-order valence-electron chi connectivity index (χ0n) is 13.5. The molecular weight excluding hydrogens is 364 g/mol. The number of nitrogens with zero attached hydrogens (tertiary/aromatic N) is 2. The molecule has 2 N–H and O–H groups in total. The molecule has 4 rings (SSSR count). The van der Waals surface area contributed by atoms with E-state index in [0.29, 0.717) is 10.9 Å². The number of hydrogen-bond acceptors (Lipinski definition) is 5. The van der Waals surface area contributed by atoms with Crippen molar-refractivity contribution < 1.29 is 4.42 Å². The monoisotopic (exact) mass is 378 g/mol. The van der Waals surface area contributed by atoms with Gasteiger partial charge in [0.1, 0.15) is 5.76 Å². The molecule has 0 spiro atoms. The van der Waals surface area contributed by atoms with E-state index in [-0.39, 0.29) is 0 Å². The zero-order valence-corrected chi connectivity index (χ0v) is 15.2. The van der Waals surface area contributed by atoms with Crippen LogP contribution in [0.25, 0.3) is 21.0 Å². The van der Waals surface area contributed by atoms with Gasteiger partial charge in [0.25, 0.3) is 0 Å². The van der Waals surface area contributed by atoms with E-state index in [4.69, 9.17) is 16.6 Å². The predicted octanol–water partition coefficient (Wildman–Crippen LogP) is 4.88. The van der Waals surface area contributed by atoms with Gasteiger partial charge in [0.2, 0.25) is 0 Å². The highest BCUT2D eigenvalue weighted by atomic mass is 32.1. The van der Waals surface area contributed by atoms with Crippen LogP contribution in [-0.2, 0) is 0 Å². The van der Waals surface area contributed by atoms with E-state index in [1.54, 1.807) is 17.6 Å². The normalized spacial score (nSPS) is 11.1. The molecule has 0 amide bonds. The van der Waals surface area contributed by atoms with Gasteiger partial charge in [0, 0.05) is 5.69 Å². The van der Waals surface area contributed by atoms with Crippen LogP contribution in [0.4, 0.5) is 5.69 Å². The fraction of sp³-hybridized carbons (Fsp3) is 0. The lowest BCUT2D eigenvalue weighted by Gasteiger charge is -2.05. The Balaban J connectivity index is 1.40. The number of hydrogen-bond donors (Lipinski definition) is 2. The van der Waals surface area contributed by atoms with Crippen LogP contribution in [0.2, 0.25) is 0 Å². The van der Waals surface area contributed by atoms with Gasteiger partial charge < -0.3 is 9.73 Å². The lowest BCUT2D eigenvalue weighted by Crippen LogP contribution is -2.23. The molecule has 0 atom stereocenters. The Bertz CT molecular complexity index is 1040. The fourth-order valence-corrected chi connectivity index (χ4v) is 3.45. The maximum Gasteiger partial charge on any atom is 0.191 e. The molecular formula is C19H14N4OS2. The van der Waals surface area contributed by atoms with E-state index >= 15 is 0 Å². The van der Waals surface area contributed by atoms with Crippen LogP contribution >= 0.6 is 23.6 Å². The lowest BCUT2D eigenvalue weighted by atomic mass is 10.3. The smallest absolute Gasteiger partial charge is 0.191 e. The summed E-state index contributed by atoms with van der Waals surface area (Å²) in [6.07, 6.45) is 1.58. The number of aromatic nitrogens is 1. The molecule has 0 saturated heterocycles. The fourth-order valence-electron chi connectivity index (χ4n) is 2.35. The maximum absolute atomic E-state index is 5.79. The van der Waals surface area contributed by atoms with Crippen molar-refractivity contribution in [2.45, 2.75) is 0 Å². The van der Waals surface area contributed by atoms with E-state index in [2.05, 4.69) is 20.8 Å². The van der Waals surface area contributed by atoms with Crippen LogP contribution in [0.1, 0.15) is 5.76 Å². The van der Waals surface area contributed by atoms with Gasteiger partial charge >= 0.3 is 0 Å². The third-order valence-electron chi connectivity index (χ3n) is 3.52. The third kappa shape index (κ3) is 3.79. The Morgan fingerprint density at radius 2 is 1.85 bits per heavy atom. The first-order valence-corrected chi connectivity index (χ1v) is 9.11. The van der Waals surface area contributed by atoms with Crippen molar-refractivity contribution in [3.63, 3.8) is 0 Å². The maximum atomic E-state index is 5.79. The molecule has 0 fully saturated rings. The molecule has 128 valence electrons. The minimum atomic E-state index is 0.408. The summed E-state index contributed by atoms with van der Waals surface area (Å²) in [6, 6.07) is 21.4. The Labute approximate surface area is 159 Å². The highest BCUT2D eigenvalue weighted by Gasteiger charge is 2.09. The number of thiocarbonyl (C=S) groups is 1. The molecule has 0 radical (unpaired) electrons. The van der Waals surface area contributed by atoms with Crippen molar-refractivity contribution in [3.05, 3.63) is 72.5 Å². The molecule has 4 aromatic rings. The summed E-state index contributed by atoms with van der Waals surface area (Å²) in [6.45, 7) is 0. The van der Waals surface area contributed by atoms with Crippen LogP contribution in [0.15, 0.2) is 76.2 Å². The predicted molar refractivity (Wildman–Crippen MR) is 111 cm³/mol. The number of nitrogens with one attached hydrogen (secondary N) is 2. The first-order valence-electron chi connectivity index (χ1n) is 7.89. The molecule has 2 heterocycles. The topological polar surface area (TPSA) is 62.5 Å². The van der Waals surface area contributed by atoms with Crippen molar-refractivity contribution in [1.82, 2.24) is 10.4 Å². The molecule has 5 nitrogen and oxygen atoms in total. The van der Waals surface area contributed by atoms with Gasteiger partial charge in [-0.25, -0.2) is 4.98 Å². The first kappa shape index (κ1) is 16.4. The molecule has 0 saturated carbocycles. The van der Waals surface area contributed by atoms with Crippen molar-refractivity contribution in [2.75, 3.05) is 5.32 Å². The van der Waals surface area contributed by atoms with Crippen LogP contribution < -0.4 is 10.7 Å². The van der Waals surface area contributed by atoms with E-state index < -0.39 is 0 Å². The minimum absolute atomic E-state index is 0.408. The molecule has 7 heteroatoms. The van der Waals surface area contributed by atoms with Gasteiger partial charge in [-0.3, -0.25) is 5.43 Å².